The number of hydrogen-bond acceptors (Lipinski definition) is 2. The van der Waals surface area contributed by atoms with Gasteiger partial charge < -0.3 is 9.64 Å². The molecule has 1 amide bonds. The zero-order chi connectivity index (χ0) is 12.1. The standard InChI is InChI=1S/C12H16ClNO2/c1-4-16-11-6-5-10(7-9(11)2)8-14(3)12(13)15/h5-7H,4,8H2,1-3H3. The van der Waals surface area contributed by atoms with E-state index in [9.17, 15) is 4.79 Å². The van der Waals surface area contributed by atoms with E-state index in [1.807, 2.05) is 32.0 Å². The van der Waals surface area contributed by atoms with E-state index < -0.39 is 5.37 Å². The predicted octanol–water partition coefficient (Wildman–Crippen LogP) is 3.18. The molecule has 0 aliphatic carbocycles. The third kappa shape index (κ3) is 3.42. The molecule has 1 aromatic rings. The zero-order valence-electron chi connectivity index (χ0n) is 9.79. The minimum atomic E-state index is -0.452. The lowest BCUT2D eigenvalue weighted by molar-refractivity contribution is 0.230. The lowest BCUT2D eigenvalue weighted by Crippen LogP contribution is -2.20. The van der Waals surface area contributed by atoms with Crippen molar-refractivity contribution in [3.63, 3.8) is 0 Å². The molecule has 0 N–H and O–H groups in total. The number of nitrogens with zero attached hydrogens (tertiary/aromatic N) is 1. The highest BCUT2D eigenvalue weighted by molar-refractivity contribution is 6.62. The highest BCUT2D eigenvalue weighted by atomic mass is 35.5. The Kier molecular flexibility index (Phi) is 4.62. The molecule has 0 saturated heterocycles. The minimum absolute atomic E-state index is 0.452. The van der Waals surface area contributed by atoms with Crippen LogP contribution >= 0.6 is 11.6 Å². The summed E-state index contributed by atoms with van der Waals surface area (Å²) in [5.41, 5.74) is 2.10. The van der Waals surface area contributed by atoms with E-state index in [-0.39, 0.29) is 0 Å². The van der Waals surface area contributed by atoms with E-state index in [2.05, 4.69) is 0 Å². The molecule has 0 fully saturated rings. The summed E-state index contributed by atoms with van der Waals surface area (Å²) in [6.07, 6.45) is 0. The van der Waals surface area contributed by atoms with Crippen LogP contribution in [0.3, 0.4) is 0 Å². The number of carbonyl (C=O) groups is 1. The molecule has 88 valence electrons. The fourth-order valence-electron chi connectivity index (χ4n) is 1.46. The molecule has 0 atom stereocenters. The van der Waals surface area contributed by atoms with Gasteiger partial charge >= 0.3 is 5.37 Å². The maximum atomic E-state index is 10.9. The van der Waals surface area contributed by atoms with E-state index in [1.165, 1.54) is 4.90 Å². The van der Waals surface area contributed by atoms with Gasteiger partial charge in [0.15, 0.2) is 0 Å². The van der Waals surface area contributed by atoms with Gasteiger partial charge in [0.2, 0.25) is 0 Å². The van der Waals surface area contributed by atoms with E-state index >= 15 is 0 Å². The summed E-state index contributed by atoms with van der Waals surface area (Å²) < 4.78 is 5.44. The number of hydrogen-bond donors (Lipinski definition) is 0. The van der Waals surface area contributed by atoms with E-state index in [0.29, 0.717) is 13.2 Å². The van der Waals surface area contributed by atoms with Crippen molar-refractivity contribution < 1.29 is 9.53 Å². The molecule has 0 aromatic heterocycles. The van der Waals surface area contributed by atoms with Gasteiger partial charge in [0.05, 0.1) is 6.61 Å². The van der Waals surface area contributed by atoms with Gasteiger partial charge in [0.1, 0.15) is 5.75 Å². The third-order valence-electron chi connectivity index (χ3n) is 2.26. The predicted molar refractivity (Wildman–Crippen MR) is 65.1 cm³/mol. The zero-order valence-corrected chi connectivity index (χ0v) is 10.5. The van der Waals surface area contributed by atoms with Crippen LogP contribution in [0.4, 0.5) is 4.79 Å². The van der Waals surface area contributed by atoms with Crippen LogP contribution < -0.4 is 4.74 Å². The van der Waals surface area contributed by atoms with Crippen LogP contribution in [0.15, 0.2) is 18.2 Å². The molecule has 0 heterocycles. The lowest BCUT2D eigenvalue weighted by atomic mass is 10.1. The molecule has 0 spiro atoms. The Morgan fingerprint density at radius 1 is 1.50 bits per heavy atom. The second-order valence-corrected chi connectivity index (χ2v) is 3.97. The van der Waals surface area contributed by atoms with Crippen molar-refractivity contribution >= 4 is 17.0 Å². The highest BCUT2D eigenvalue weighted by Gasteiger charge is 2.06. The van der Waals surface area contributed by atoms with Crippen LogP contribution in [0.1, 0.15) is 18.1 Å². The quantitative estimate of drug-likeness (QED) is 0.599. The van der Waals surface area contributed by atoms with Crippen LogP contribution in [0.5, 0.6) is 5.75 Å². The maximum absolute atomic E-state index is 10.9. The molecule has 0 saturated carbocycles. The Bertz CT molecular complexity index is 379. The Balaban J connectivity index is 2.77. The molecule has 4 heteroatoms. The molecule has 1 aromatic carbocycles. The van der Waals surface area contributed by atoms with Gasteiger partial charge in [-0.2, -0.15) is 0 Å². The third-order valence-corrected chi connectivity index (χ3v) is 2.55. The molecule has 1 rings (SSSR count). The van der Waals surface area contributed by atoms with Gasteiger partial charge in [-0.25, -0.2) is 0 Å². The van der Waals surface area contributed by atoms with Crippen LogP contribution in [0, 0.1) is 6.92 Å². The van der Waals surface area contributed by atoms with Crippen LogP contribution in [0.2, 0.25) is 0 Å². The van der Waals surface area contributed by atoms with Crippen molar-refractivity contribution in [3.05, 3.63) is 29.3 Å². The molecule has 0 radical (unpaired) electrons. The smallest absolute Gasteiger partial charge is 0.316 e. The minimum Gasteiger partial charge on any atom is -0.494 e. The molecular weight excluding hydrogens is 226 g/mol. The summed E-state index contributed by atoms with van der Waals surface area (Å²) in [6, 6.07) is 5.86. The van der Waals surface area contributed by atoms with Gasteiger partial charge in [0, 0.05) is 13.6 Å². The van der Waals surface area contributed by atoms with E-state index in [4.69, 9.17) is 16.3 Å². The van der Waals surface area contributed by atoms with Gasteiger partial charge in [-0.05, 0) is 42.6 Å². The summed E-state index contributed by atoms with van der Waals surface area (Å²) in [7, 11) is 1.67. The first-order valence-electron chi connectivity index (χ1n) is 5.17. The van der Waals surface area contributed by atoms with Crippen LogP contribution in [-0.2, 0) is 6.54 Å². The first kappa shape index (κ1) is 12.8. The number of amides is 1. The lowest BCUT2D eigenvalue weighted by Gasteiger charge is -2.14. The average molecular weight is 242 g/mol. The highest BCUT2D eigenvalue weighted by Crippen LogP contribution is 2.19. The first-order valence-corrected chi connectivity index (χ1v) is 5.55. The number of rotatable bonds is 4. The largest absolute Gasteiger partial charge is 0.494 e. The summed E-state index contributed by atoms with van der Waals surface area (Å²) >= 11 is 5.36. The molecule has 16 heavy (non-hydrogen) atoms. The van der Waals surface area contributed by atoms with Crippen molar-refractivity contribution in [1.29, 1.82) is 0 Å². The molecule has 0 unspecified atom stereocenters. The number of ether oxygens (including phenoxy) is 1. The monoisotopic (exact) mass is 241 g/mol. The van der Waals surface area contributed by atoms with E-state index in [0.717, 1.165) is 16.9 Å². The Morgan fingerprint density at radius 2 is 2.19 bits per heavy atom. The molecule has 3 nitrogen and oxygen atoms in total. The fourth-order valence-corrected chi connectivity index (χ4v) is 1.52. The first-order chi connectivity index (χ1) is 7.54. The number of aryl methyl sites for hydroxylation is 1. The Labute approximate surface area is 101 Å². The topological polar surface area (TPSA) is 29.5 Å². The van der Waals surface area contributed by atoms with Crippen molar-refractivity contribution in [2.24, 2.45) is 0 Å². The summed E-state index contributed by atoms with van der Waals surface area (Å²) in [5.74, 6) is 0.881. The second-order valence-electron chi connectivity index (χ2n) is 3.64. The summed E-state index contributed by atoms with van der Waals surface area (Å²) in [6.45, 7) is 5.10. The van der Waals surface area contributed by atoms with Gasteiger partial charge in [-0.15, -0.1) is 0 Å². The molecule has 0 bridgehead atoms. The molecule has 0 aliphatic heterocycles. The second kappa shape index (κ2) is 5.75. The normalized spacial score (nSPS) is 10.0. The fraction of sp³-hybridized carbons (Fsp3) is 0.417. The number of carbonyl (C=O) groups excluding carboxylic acids is 1. The van der Waals surface area contributed by atoms with Crippen LogP contribution in [-0.4, -0.2) is 23.9 Å². The number of halogens is 1. The Morgan fingerprint density at radius 3 is 2.69 bits per heavy atom. The average Bonchev–Trinajstić information content (AvgIpc) is 2.22. The van der Waals surface area contributed by atoms with Gasteiger partial charge in [-0.3, -0.25) is 4.79 Å². The summed E-state index contributed by atoms with van der Waals surface area (Å²) in [4.78, 5) is 12.3. The molecular formula is C12H16ClNO2. The molecule has 0 aliphatic rings. The van der Waals surface area contributed by atoms with Crippen molar-refractivity contribution in [3.8, 4) is 5.75 Å². The van der Waals surface area contributed by atoms with Crippen molar-refractivity contribution in [2.45, 2.75) is 20.4 Å². The van der Waals surface area contributed by atoms with Crippen molar-refractivity contribution in [1.82, 2.24) is 4.90 Å². The summed E-state index contributed by atoms with van der Waals surface area (Å²) in [5, 5.41) is -0.452. The van der Waals surface area contributed by atoms with E-state index in [1.54, 1.807) is 7.05 Å². The SMILES string of the molecule is CCOc1ccc(CN(C)C(=O)Cl)cc1C. The number of benzene rings is 1. The van der Waals surface area contributed by atoms with Gasteiger partial charge in [0.25, 0.3) is 0 Å². The van der Waals surface area contributed by atoms with Gasteiger partial charge in [-0.1, -0.05) is 12.1 Å². The maximum Gasteiger partial charge on any atom is 0.316 e. The van der Waals surface area contributed by atoms with Crippen molar-refractivity contribution in [2.75, 3.05) is 13.7 Å². The van der Waals surface area contributed by atoms with Crippen LogP contribution in [0.25, 0.3) is 0 Å². The Hall–Kier alpha value is -1.22.